The molecule has 1 spiro atoms. The minimum absolute atomic E-state index is 0.0349. The van der Waals surface area contributed by atoms with Crippen molar-refractivity contribution in [3.63, 3.8) is 0 Å². The second-order valence-electron chi connectivity index (χ2n) is 5.41. The Morgan fingerprint density at radius 2 is 2.41 bits per heavy atom. The number of ether oxygens (including phenoxy) is 1. The molecule has 0 saturated carbocycles. The SMILES string of the molecule is C=C(Cl)CON=C(CC)C1=C(O)CC2(CCCSC2)OC1=O. The number of halogens is 1. The van der Waals surface area contributed by atoms with E-state index in [0.29, 0.717) is 23.6 Å². The van der Waals surface area contributed by atoms with E-state index < -0.39 is 11.6 Å². The van der Waals surface area contributed by atoms with Gasteiger partial charge in [-0.05, 0) is 25.0 Å². The summed E-state index contributed by atoms with van der Waals surface area (Å²) in [5.74, 6) is 1.29. The molecule has 1 saturated heterocycles. The first kappa shape index (κ1) is 17.2. The fourth-order valence-corrected chi connectivity index (χ4v) is 3.81. The molecule has 0 aromatic rings. The molecule has 0 amide bonds. The lowest BCUT2D eigenvalue weighted by atomic mass is 9.89. The Kier molecular flexibility index (Phi) is 5.81. The molecule has 0 aromatic heterocycles. The standard InChI is InChI=1S/C15H20ClNO4S/c1-3-11(17-20-8-10(2)16)13-12(18)7-15(21-14(13)19)5-4-6-22-9-15/h18H,2-9H2,1H3. The van der Waals surface area contributed by atoms with E-state index in [0.717, 1.165) is 24.3 Å². The molecule has 0 aliphatic carbocycles. The molecule has 122 valence electrons. The zero-order chi connectivity index (χ0) is 16.2. The number of esters is 1. The summed E-state index contributed by atoms with van der Waals surface area (Å²) in [5, 5.41) is 14.6. The van der Waals surface area contributed by atoms with Crippen LogP contribution in [0, 0.1) is 0 Å². The highest BCUT2D eigenvalue weighted by atomic mass is 35.5. The second kappa shape index (κ2) is 7.42. The average molecular weight is 346 g/mol. The summed E-state index contributed by atoms with van der Waals surface area (Å²) in [4.78, 5) is 17.4. The third-order valence-electron chi connectivity index (χ3n) is 3.60. The van der Waals surface area contributed by atoms with Crippen molar-refractivity contribution in [2.75, 3.05) is 18.1 Å². The largest absolute Gasteiger partial charge is 0.511 e. The molecular formula is C15H20ClNO4S. The first-order valence-corrected chi connectivity index (χ1v) is 8.76. The van der Waals surface area contributed by atoms with Crippen LogP contribution in [0.5, 0.6) is 0 Å². The third-order valence-corrected chi connectivity index (χ3v) is 5.01. The van der Waals surface area contributed by atoms with Crippen molar-refractivity contribution in [3.05, 3.63) is 22.9 Å². The summed E-state index contributed by atoms with van der Waals surface area (Å²) in [6.07, 6.45) is 2.54. The average Bonchev–Trinajstić information content (AvgIpc) is 2.45. The maximum absolute atomic E-state index is 12.3. The number of aliphatic hydroxyl groups is 1. The maximum atomic E-state index is 12.3. The number of rotatable bonds is 5. The van der Waals surface area contributed by atoms with Crippen molar-refractivity contribution in [1.29, 1.82) is 0 Å². The van der Waals surface area contributed by atoms with E-state index in [1.807, 2.05) is 6.92 Å². The molecule has 1 fully saturated rings. The summed E-state index contributed by atoms with van der Waals surface area (Å²) in [7, 11) is 0. The predicted molar refractivity (Wildman–Crippen MR) is 88.3 cm³/mol. The molecule has 22 heavy (non-hydrogen) atoms. The topological polar surface area (TPSA) is 68.1 Å². The molecule has 0 aromatic carbocycles. The van der Waals surface area contributed by atoms with Crippen LogP contribution >= 0.6 is 23.4 Å². The highest BCUT2D eigenvalue weighted by Gasteiger charge is 2.44. The minimum Gasteiger partial charge on any atom is -0.511 e. The van der Waals surface area contributed by atoms with Gasteiger partial charge in [-0.3, -0.25) is 0 Å². The molecule has 2 heterocycles. The van der Waals surface area contributed by atoms with Gasteiger partial charge in [0.15, 0.2) is 6.61 Å². The van der Waals surface area contributed by atoms with Crippen molar-refractivity contribution in [2.24, 2.45) is 5.16 Å². The van der Waals surface area contributed by atoms with Crippen LogP contribution in [0.25, 0.3) is 0 Å². The van der Waals surface area contributed by atoms with E-state index >= 15 is 0 Å². The Morgan fingerprint density at radius 3 is 2.95 bits per heavy atom. The van der Waals surface area contributed by atoms with Gasteiger partial charge in [-0.2, -0.15) is 11.8 Å². The van der Waals surface area contributed by atoms with Crippen LogP contribution < -0.4 is 0 Å². The molecule has 7 heteroatoms. The number of hydrogen-bond acceptors (Lipinski definition) is 6. The molecule has 2 rings (SSSR count). The fraction of sp³-hybridized carbons (Fsp3) is 0.600. The van der Waals surface area contributed by atoms with Gasteiger partial charge in [-0.15, -0.1) is 0 Å². The van der Waals surface area contributed by atoms with Crippen LogP contribution in [-0.2, 0) is 14.4 Å². The van der Waals surface area contributed by atoms with E-state index in [4.69, 9.17) is 21.2 Å². The van der Waals surface area contributed by atoms with Crippen molar-refractivity contribution in [3.8, 4) is 0 Å². The van der Waals surface area contributed by atoms with Crippen LogP contribution in [0.2, 0.25) is 0 Å². The highest BCUT2D eigenvalue weighted by Crippen LogP contribution is 2.39. The van der Waals surface area contributed by atoms with Crippen molar-refractivity contribution in [2.45, 2.75) is 38.2 Å². The van der Waals surface area contributed by atoms with E-state index in [1.165, 1.54) is 0 Å². The third kappa shape index (κ3) is 3.98. The number of aliphatic hydroxyl groups excluding tert-OH is 1. The fourth-order valence-electron chi connectivity index (χ4n) is 2.59. The van der Waals surface area contributed by atoms with Gasteiger partial charge in [0, 0.05) is 12.2 Å². The number of carbonyl (C=O) groups excluding carboxylic acids is 1. The molecule has 0 bridgehead atoms. The van der Waals surface area contributed by atoms with Gasteiger partial charge in [0.1, 0.15) is 16.9 Å². The molecule has 2 aliphatic heterocycles. The van der Waals surface area contributed by atoms with Crippen molar-refractivity contribution < 1.29 is 19.5 Å². The van der Waals surface area contributed by atoms with Gasteiger partial charge in [0.25, 0.3) is 0 Å². The maximum Gasteiger partial charge on any atom is 0.344 e. The molecule has 1 atom stereocenters. The lowest BCUT2D eigenvalue weighted by molar-refractivity contribution is -0.156. The second-order valence-corrected chi connectivity index (χ2v) is 7.05. The summed E-state index contributed by atoms with van der Waals surface area (Å²) < 4.78 is 5.65. The Hall–Kier alpha value is -1.14. The number of nitrogens with zero attached hydrogens (tertiary/aromatic N) is 1. The number of carbonyl (C=O) groups is 1. The minimum atomic E-state index is -0.572. The van der Waals surface area contributed by atoms with Gasteiger partial charge in [-0.25, -0.2) is 4.79 Å². The zero-order valence-electron chi connectivity index (χ0n) is 12.6. The van der Waals surface area contributed by atoms with E-state index in [2.05, 4.69) is 11.7 Å². The van der Waals surface area contributed by atoms with Gasteiger partial charge in [0.2, 0.25) is 0 Å². The lowest BCUT2D eigenvalue weighted by Crippen LogP contribution is -2.45. The summed E-state index contributed by atoms with van der Waals surface area (Å²) >= 11 is 7.35. The zero-order valence-corrected chi connectivity index (χ0v) is 14.1. The summed E-state index contributed by atoms with van der Waals surface area (Å²) in [5.41, 5.74) is -0.0971. The van der Waals surface area contributed by atoms with E-state index in [1.54, 1.807) is 11.8 Å². The van der Waals surface area contributed by atoms with Gasteiger partial charge >= 0.3 is 5.97 Å². The molecule has 0 radical (unpaired) electrons. The normalized spacial score (nSPS) is 26.1. The monoisotopic (exact) mass is 345 g/mol. The van der Waals surface area contributed by atoms with Crippen LogP contribution in [0.15, 0.2) is 28.1 Å². The van der Waals surface area contributed by atoms with Crippen LogP contribution in [0.4, 0.5) is 0 Å². The van der Waals surface area contributed by atoms with Crippen LogP contribution in [-0.4, -0.2) is 40.5 Å². The number of hydrogen-bond donors (Lipinski definition) is 1. The molecular weight excluding hydrogens is 326 g/mol. The van der Waals surface area contributed by atoms with Gasteiger partial charge in [0.05, 0.1) is 10.7 Å². The first-order valence-electron chi connectivity index (χ1n) is 7.23. The van der Waals surface area contributed by atoms with E-state index in [9.17, 15) is 9.90 Å². The van der Waals surface area contributed by atoms with Crippen LogP contribution in [0.1, 0.15) is 32.6 Å². The number of oxime groups is 1. The summed E-state index contributed by atoms with van der Waals surface area (Å²) in [6.45, 7) is 5.37. The van der Waals surface area contributed by atoms with E-state index in [-0.39, 0.29) is 17.9 Å². The Bertz CT molecular complexity index is 524. The van der Waals surface area contributed by atoms with Crippen LogP contribution in [0.3, 0.4) is 0 Å². The Labute approximate surface area is 139 Å². The van der Waals surface area contributed by atoms with Gasteiger partial charge < -0.3 is 14.7 Å². The van der Waals surface area contributed by atoms with Crippen molar-refractivity contribution >= 4 is 35.0 Å². The Morgan fingerprint density at radius 1 is 1.64 bits per heavy atom. The molecule has 5 nitrogen and oxygen atoms in total. The number of thioether (sulfide) groups is 1. The highest BCUT2D eigenvalue weighted by molar-refractivity contribution is 7.99. The van der Waals surface area contributed by atoms with Crippen molar-refractivity contribution in [1.82, 2.24) is 0 Å². The molecule has 2 aliphatic rings. The quantitative estimate of drug-likeness (QED) is 0.469. The molecule has 1 unspecified atom stereocenters. The Balaban J connectivity index is 2.19. The predicted octanol–water partition coefficient (Wildman–Crippen LogP) is 3.55. The van der Waals surface area contributed by atoms with Gasteiger partial charge in [-0.1, -0.05) is 30.3 Å². The first-order chi connectivity index (χ1) is 10.5. The summed E-state index contributed by atoms with van der Waals surface area (Å²) in [6, 6.07) is 0. The lowest BCUT2D eigenvalue weighted by Gasteiger charge is -2.39. The smallest absolute Gasteiger partial charge is 0.344 e. The molecule has 1 N–H and O–H groups in total.